The van der Waals surface area contributed by atoms with E-state index in [4.69, 9.17) is 10.5 Å². The second kappa shape index (κ2) is 7.03. The average molecular weight is 290 g/mol. The summed E-state index contributed by atoms with van der Waals surface area (Å²) in [5, 5.41) is 7.69. The third-order valence-electron chi connectivity index (χ3n) is 3.02. The zero-order valence-electron chi connectivity index (χ0n) is 12.8. The molecule has 21 heavy (non-hydrogen) atoms. The van der Waals surface area contributed by atoms with Crippen molar-refractivity contribution in [3.05, 3.63) is 29.3 Å². The SMILES string of the molecule is COCc1nc(N)cc(NCCCn2nc(C)cc2C)n1. The molecule has 0 saturated heterocycles. The third-order valence-corrected chi connectivity index (χ3v) is 3.02. The van der Waals surface area contributed by atoms with E-state index >= 15 is 0 Å². The molecule has 0 fully saturated rings. The van der Waals surface area contributed by atoms with Gasteiger partial charge in [0, 0.05) is 32.0 Å². The summed E-state index contributed by atoms with van der Waals surface area (Å²) in [7, 11) is 1.61. The van der Waals surface area contributed by atoms with Crippen LogP contribution < -0.4 is 11.1 Å². The molecule has 0 aliphatic heterocycles. The minimum Gasteiger partial charge on any atom is -0.384 e. The summed E-state index contributed by atoms with van der Waals surface area (Å²) in [6.45, 7) is 6.09. The van der Waals surface area contributed by atoms with Gasteiger partial charge in [-0.25, -0.2) is 9.97 Å². The van der Waals surface area contributed by atoms with E-state index in [-0.39, 0.29) is 0 Å². The van der Waals surface area contributed by atoms with E-state index in [1.165, 1.54) is 5.69 Å². The van der Waals surface area contributed by atoms with Crippen LogP contribution in [0.25, 0.3) is 0 Å². The number of hydrogen-bond donors (Lipinski definition) is 2. The van der Waals surface area contributed by atoms with E-state index in [0.717, 1.165) is 31.0 Å². The Hall–Kier alpha value is -2.15. The number of rotatable bonds is 7. The smallest absolute Gasteiger partial charge is 0.158 e. The molecule has 0 aliphatic carbocycles. The van der Waals surface area contributed by atoms with Gasteiger partial charge in [0.05, 0.1) is 5.69 Å². The molecule has 0 aliphatic rings. The van der Waals surface area contributed by atoms with Crippen LogP contribution in [0.2, 0.25) is 0 Å². The summed E-state index contributed by atoms with van der Waals surface area (Å²) in [6.07, 6.45) is 0.950. The molecule has 0 atom stereocenters. The number of hydrogen-bond acceptors (Lipinski definition) is 6. The zero-order valence-corrected chi connectivity index (χ0v) is 12.8. The maximum absolute atomic E-state index is 5.75. The molecule has 2 aromatic heterocycles. The fourth-order valence-corrected chi connectivity index (χ4v) is 2.15. The van der Waals surface area contributed by atoms with Gasteiger partial charge in [0.15, 0.2) is 5.82 Å². The van der Waals surface area contributed by atoms with Gasteiger partial charge in [-0.2, -0.15) is 5.10 Å². The van der Waals surface area contributed by atoms with Crippen LogP contribution in [0.4, 0.5) is 11.6 Å². The van der Waals surface area contributed by atoms with Gasteiger partial charge in [0.2, 0.25) is 0 Å². The Morgan fingerprint density at radius 2 is 2.10 bits per heavy atom. The first-order chi connectivity index (χ1) is 10.1. The van der Waals surface area contributed by atoms with Gasteiger partial charge in [0.1, 0.15) is 18.2 Å². The average Bonchev–Trinajstić information content (AvgIpc) is 2.73. The predicted molar refractivity (Wildman–Crippen MR) is 82.0 cm³/mol. The Morgan fingerprint density at radius 3 is 2.76 bits per heavy atom. The number of nitrogens with zero attached hydrogens (tertiary/aromatic N) is 4. The monoisotopic (exact) mass is 290 g/mol. The van der Waals surface area contributed by atoms with Crippen LogP contribution >= 0.6 is 0 Å². The second-order valence-corrected chi connectivity index (χ2v) is 4.96. The predicted octanol–water partition coefficient (Wildman–Crippen LogP) is 1.52. The van der Waals surface area contributed by atoms with Crippen molar-refractivity contribution in [2.75, 3.05) is 24.7 Å². The highest BCUT2D eigenvalue weighted by Gasteiger charge is 2.03. The van der Waals surface area contributed by atoms with E-state index in [1.54, 1.807) is 13.2 Å². The van der Waals surface area contributed by atoms with Crippen LogP contribution in [0, 0.1) is 13.8 Å². The zero-order chi connectivity index (χ0) is 15.2. The molecule has 0 spiro atoms. The van der Waals surface area contributed by atoms with Crippen LogP contribution in [0.15, 0.2) is 12.1 Å². The minimum absolute atomic E-state index is 0.353. The lowest BCUT2D eigenvalue weighted by atomic mass is 10.3. The Bertz CT molecular complexity index is 595. The number of aromatic nitrogens is 4. The molecule has 2 rings (SSSR count). The van der Waals surface area contributed by atoms with Gasteiger partial charge in [-0.3, -0.25) is 4.68 Å². The number of ether oxygens (including phenoxy) is 1. The Balaban J connectivity index is 1.84. The summed E-state index contributed by atoms with van der Waals surface area (Å²) >= 11 is 0. The molecule has 0 unspecified atom stereocenters. The molecule has 0 amide bonds. The van der Waals surface area contributed by atoms with E-state index in [2.05, 4.69) is 33.4 Å². The highest BCUT2D eigenvalue weighted by molar-refractivity contribution is 5.44. The van der Waals surface area contributed by atoms with Crippen LogP contribution in [0.5, 0.6) is 0 Å². The highest BCUT2D eigenvalue weighted by atomic mass is 16.5. The molecule has 0 saturated carbocycles. The van der Waals surface area contributed by atoms with Crippen LogP contribution in [-0.4, -0.2) is 33.4 Å². The van der Waals surface area contributed by atoms with Gasteiger partial charge >= 0.3 is 0 Å². The van der Waals surface area contributed by atoms with Gasteiger partial charge < -0.3 is 15.8 Å². The van der Waals surface area contributed by atoms with Crippen LogP contribution in [0.3, 0.4) is 0 Å². The van der Waals surface area contributed by atoms with Crippen molar-refractivity contribution in [3.63, 3.8) is 0 Å². The van der Waals surface area contributed by atoms with Gasteiger partial charge in [-0.05, 0) is 26.3 Å². The maximum atomic E-state index is 5.75. The molecule has 0 aromatic carbocycles. The maximum Gasteiger partial charge on any atom is 0.158 e. The summed E-state index contributed by atoms with van der Waals surface area (Å²) in [5.41, 5.74) is 7.98. The van der Waals surface area contributed by atoms with Gasteiger partial charge in [0.25, 0.3) is 0 Å². The number of methoxy groups -OCH3 is 1. The van der Waals surface area contributed by atoms with Gasteiger partial charge in [-0.15, -0.1) is 0 Å². The van der Waals surface area contributed by atoms with Crippen molar-refractivity contribution < 1.29 is 4.74 Å². The summed E-state index contributed by atoms with van der Waals surface area (Å²) in [4.78, 5) is 8.44. The van der Waals surface area contributed by atoms with E-state index < -0.39 is 0 Å². The molecule has 7 heteroatoms. The Morgan fingerprint density at radius 1 is 1.29 bits per heavy atom. The van der Waals surface area contributed by atoms with Crippen molar-refractivity contribution in [2.24, 2.45) is 0 Å². The standard InChI is InChI=1S/C14H22N6O/c1-10-7-11(2)20(19-10)6-4-5-16-13-8-12(15)17-14(18-13)9-21-3/h7-8H,4-6,9H2,1-3H3,(H3,15,16,17,18). The molecule has 2 aromatic rings. The van der Waals surface area contributed by atoms with E-state index in [0.29, 0.717) is 18.2 Å². The molecule has 3 N–H and O–H groups in total. The topological polar surface area (TPSA) is 90.9 Å². The first kappa shape index (κ1) is 15.2. The number of aryl methyl sites for hydroxylation is 3. The quantitative estimate of drug-likeness (QED) is 0.751. The summed E-state index contributed by atoms with van der Waals surface area (Å²) in [5.74, 6) is 1.75. The number of nitrogens with two attached hydrogens (primary N) is 1. The van der Waals surface area contributed by atoms with Crippen LogP contribution in [-0.2, 0) is 17.9 Å². The van der Waals surface area contributed by atoms with Crippen molar-refractivity contribution in [3.8, 4) is 0 Å². The fourth-order valence-electron chi connectivity index (χ4n) is 2.15. The number of nitrogens with one attached hydrogen (secondary N) is 1. The number of nitrogen functional groups attached to an aromatic ring is 1. The summed E-state index contributed by atoms with van der Waals surface area (Å²) in [6, 6.07) is 3.80. The minimum atomic E-state index is 0.353. The highest BCUT2D eigenvalue weighted by Crippen LogP contribution is 2.09. The van der Waals surface area contributed by atoms with E-state index in [1.807, 2.05) is 11.6 Å². The molecule has 0 bridgehead atoms. The first-order valence-electron chi connectivity index (χ1n) is 6.96. The third kappa shape index (κ3) is 4.42. The lowest BCUT2D eigenvalue weighted by Gasteiger charge is -2.09. The van der Waals surface area contributed by atoms with E-state index in [9.17, 15) is 0 Å². The first-order valence-corrected chi connectivity index (χ1v) is 6.96. The normalized spacial score (nSPS) is 10.8. The molecule has 0 radical (unpaired) electrons. The van der Waals surface area contributed by atoms with Crippen molar-refractivity contribution in [1.29, 1.82) is 0 Å². The Kier molecular flexibility index (Phi) is 5.10. The molecule has 114 valence electrons. The Labute approximate surface area is 124 Å². The lowest BCUT2D eigenvalue weighted by molar-refractivity contribution is 0.178. The van der Waals surface area contributed by atoms with Crippen molar-refractivity contribution >= 4 is 11.6 Å². The summed E-state index contributed by atoms with van der Waals surface area (Å²) < 4.78 is 7.03. The van der Waals surface area contributed by atoms with Crippen LogP contribution in [0.1, 0.15) is 23.6 Å². The molecule has 7 nitrogen and oxygen atoms in total. The van der Waals surface area contributed by atoms with Crippen molar-refractivity contribution in [1.82, 2.24) is 19.7 Å². The second-order valence-electron chi connectivity index (χ2n) is 4.96. The molecular weight excluding hydrogens is 268 g/mol. The largest absolute Gasteiger partial charge is 0.384 e. The molecular formula is C14H22N6O. The number of anilines is 2. The lowest BCUT2D eigenvalue weighted by Crippen LogP contribution is -2.11. The molecule has 2 heterocycles. The van der Waals surface area contributed by atoms with Crippen molar-refractivity contribution in [2.45, 2.75) is 33.4 Å². The van der Waals surface area contributed by atoms with Gasteiger partial charge in [-0.1, -0.05) is 0 Å². The fraction of sp³-hybridized carbons (Fsp3) is 0.500.